The molecule has 0 spiro atoms. The van der Waals surface area contributed by atoms with Crippen LogP contribution in [0.4, 0.5) is 4.39 Å². The summed E-state index contributed by atoms with van der Waals surface area (Å²) in [5.41, 5.74) is 0.928. The number of benzene rings is 1. The van der Waals surface area contributed by atoms with Crippen molar-refractivity contribution in [2.45, 2.75) is 6.42 Å². The van der Waals surface area contributed by atoms with Crippen LogP contribution in [0.1, 0.15) is 11.3 Å². The van der Waals surface area contributed by atoms with Crippen LogP contribution in [0.25, 0.3) is 0 Å². The molecule has 0 unspecified atom stereocenters. The summed E-state index contributed by atoms with van der Waals surface area (Å²) in [7, 11) is 0. The predicted octanol–water partition coefficient (Wildman–Crippen LogP) is 3.38. The lowest BCUT2D eigenvalue weighted by molar-refractivity contribution is -0.115. The van der Waals surface area contributed by atoms with E-state index in [1.54, 1.807) is 24.3 Å². The molecule has 0 bridgehead atoms. The molecule has 1 saturated heterocycles. The summed E-state index contributed by atoms with van der Waals surface area (Å²) in [6, 6.07) is 9.62. The highest BCUT2D eigenvalue weighted by molar-refractivity contribution is 8.26. The van der Waals surface area contributed by atoms with Crippen LogP contribution in [-0.2, 0) is 11.2 Å². The Balaban J connectivity index is 1.64. The van der Waals surface area contributed by atoms with Crippen molar-refractivity contribution in [1.82, 2.24) is 5.32 Å². The molecule has 112 valence electrons. The lowest BCUT2D eigenvalue weighted by Crippen LogP contribution is -2.17. The molecule has 2 heterocycles. The zero-order chi connectivity index (χ0) is 15.5. The van der Waals surface area contributed by atoms with Crippen LogP contribution in [0.15, 0.2) is 52.0 Å². The van der Waals surface area contributed by atoms with Crippen molar-refractivity contribution in [1.29, 1.82) is 0 Å². The number of carbonyl (C=O) groups excluding carboxylic acids is 1. The second kappa shape index (κ2) is 6.33. The summed E-state index contributed by atoms with van der Waals surface area (Å²) in [5.74, 6) is 0.395. The molecule has 1 aromatic carbocycles. The van der Waals surface area contributed by atoms with Crippen molar-refractivity contribution in [2.75, 3.05) is 0 Å². The summed E-state index contributed by atoms with van der Waals surface area (Å²) in [6.45, 7) is 0. The van der Waals surface area contributed by atoms with E-state index in [4.69, 9.17) is 21.4 Å². The number of furan rings is 1. The van der Waals surface area contributed by atoms with E-state index in [1.807, 2.05) is 0 Å². The van der Waals surface area contributed by atoms with Crippen LogP contribution in [-0.4, -0.2) is 10.2 Å². The summed E-state index contributed by atoms with van der Waals surface area (Å²) in [6.07, 6.45) is 1.83. The number of thioether (sulfide) groups is 1. The van der Waals surface area contributed by atoms with Crippen molar-refractivity contribution in [3.63, 3.8) is 0 Å². The largest absolute Gasteiger partial charge is 0.433 e. The minimum absolute atomic E-state index is 0.274. The number of carbonyl (C=O) groups is 1. The molecule has 1 N–H and O–H groups in total. The van der Waals surface area contributed by atoms with Crippen LogP contribution < -0.4 is 10.1 Å². The van der Waals surface area contributed by atoms with Gasteiger partial charge in [-0.3, -0.25) is 4.79 Å². The highest BCUT2D eigenvalue weighted by Crippen LogP contribution is 2.25. The van der Waals surface area contributed by atoms with Crippen LogP contribution in [0.2, 0.25) is 0 Å². The van der Waals surface area contributed by atoms with Gasteiger partial charge in [0.2, 0.25) is 0 Å². The van der Waals surface area contributed by atoms with Crippen molar-refractivity contribution < 1.29 is 18.3 Å². The summed E-state index contributed by atoms with van der Waals surface area (Å²) in [4.78, 5) is 11.8. The number of nitrogens with one attached hydrogen (secondary N) is 1. The van der Waals surface area contributed by atoms with Crippen molar-refractivity contribution in [3.05, 3.63) is 64.7 Å². The Morgan fingerprint density at radius 3 is 2.73 bits per heavy atom. The molecule has 2 aromatic rings. The van der Waals surface area contributed by atoms with Crippen LogP contribution in [0.5, 0.6) is 5.95 Å². The van der Waals surface area contributed by atoms with Crippen LogP contribution in [0.3, 0.4) is 0 Å². The van der Waals surface area contributed by atoms with E-state index in [0.29, 0.717) is 21.4 Å². The Morgan fingerprint density at radius 2 is 2.05 bits per heavy atom. The SMILES string of the molecule is O=C1NC(=S)SC1=COc1ccc(Cc2ccc(F)cc2)o1. The summed E-state index contributed by atoms with van der Waals surface area (Å²) in [5, 5.41) is 2.49. The molecule has 0 radical (unpaired) electrons. The van der Waals surface area contributed by atoms with E-state index in [0.717, 1.165) is 17.3 Å². The van der Waals surface area contributed by atoms with Gasteiger partial charge in [0.25, 0.3) is 11.9 Å². The minimum Gasteiger partial charge on any atom is -0.433 e. The molecule has 1 aliphatic heterocycles. The molecule has 3 rings (SSSR count). The topological polar surface area (TPSA) is 51.5 Å². The number of hydrogen-bond donors (Lipinski definition) is 1. The Labute approximate surface area is 135 Å². The summed E-state index contributed by atoms with van der Waals surface area (Å²) >= 11 is 6.01. The molecule has 1 aromatic heterocycles. The van der Waals surface area contributed by atoms with Gasteiger partial charge in [-0.2, -0.15) is 0 Å². The standard InChI is InChI=1S/C15H10FNO3S2/c16-10-3-1-9(2-4-10)7-11-5-6-13(20-11)19-8-12-14(18)17-15(21)22-12/h1-6,8H,7H2,(H,17,18,21). The maximum atomic E-state index is 12.8. The highest BCUT2D eigenvalue weighted by Gasteiger charge is 2.22. The third-order valence-electron chi connectivity index (χ3n) is 2.85. The molecular formula is C15H10FNO3S2. The average molecular weight is 335 g/mol. The van der Waals surface area contributed by atoms with Gasteiger partial charge in [-0.05, 0) is 23.8 Å². The van der Waals surface area contributed by atoms with Crippen molar-refractivity contribution in [2.24, 2.45) is 0 Å². The first-order chi connectivity index (χ1) is 10.6. The third-order valence-corrected chi connectivity index (χ3v) is 3.99. The Morgan fingerprint density at radius 1 is 1.27 bits per heavy atom. The van der Waals surface area contributed by atoms with Crippen LogP contribution in [0, 0.1) is 5.82 Å². The van der Waals surface area contributed by atoms with E-state index < -0.39 is 0 Å². The Kier molecular flexibility index (Phi) is 4.26. The van der Waals surface area contributed by atoms with Gasteiger partial charge in [0, 0.05) is 12.5 Å². The molecule has 1 aliphatic rings. The predicted molar refractivity (Wildman–Crippen MR) is 85.0 cm³/mol. The van der Waals surface area contributed by atoms with Gasteiger partial charge >= 0.3 is 0 Å². The van der Waals surface area contributed by atoms with Crippen molar-refractivity contribution >= 4 is 34.2 Å². The van der Waals surface area contributed by atoms with E-state index >= 15 is 0 Å². The molecule has 0 aliphatic carbocycles. The maximum Gasteiger partial charge on any atom is 0.289 e. The second-order valence-corrected chi connectivity index (χ2v) is 6.19. The molecule has 1 fully saturated rings. The molecule has 1 amide bonds. The number of halogens is 1. The first kappa shape index (κ1) is 14.8. The lowest BCUT2D eigenvalue weighted by atomic mass is 10.1. The Bertz CT molecular complexity index is 752. The van der Waals surface area contributed by atoms with E-state index in [9.17, 15) is 9.18 Å². The van der Waals surface area contributed by atoms with E-state index in [-0.39, 0.29) is 17.7 Å². The number of ether oxygens (including phenoxy) is 1. The fourth-order valence-corrected chi connectivity index (χ4v) is 2.78. The van der Waals surface area contributed by atoms with Crippen LogP contribution >= 0.6 is 24.0 Å². The number of amides is 1. The number of thiocarbonyl (C=S) groups is 1. The molecule has 0 saturated carbocycles. The van der Waals surface area contributed by atoms with Gasteiger partial charge < -0.3 is 14.5 Å². The van der Waals surface area contributed by atoms with Gasteiger partial charge in [0.1, 0.15) is 27.1 Å². The molecule has 7 heteroatoms. The first-order valence-electron chi connectivity index (χ1n) is 6.33. The van der Waals surface area contributed by atoms with Gasteiger partial charge in [0.05, 0.1) is 0 Å². The fourth-order valence-electron chi connectivity index (χ4n) is 1.84. The monoisotopic (exact) mass is 335 g/mol. The fraction of sp³-hybridized carbons (Fsp3) is 0.0667. The molecule has 22 heavy (non-hydrogen) atoms. The maximum absolute atomic E-state index is 12.8. The zero-order valence-corrected chi connectivity index (χ0v) is 12.8. The average Bonchev–Trinajstić information content (AvgIpc) is 3.05. The Hall–Kier alpha value is -2.12. The van der Waals surface area contributed by atoms with Crippen molar-refractivity contribution in [3.8, 4) is 5.95 Å². The minimum atomic E-state index is -0.284. The second-order valence-electron chi connectivity index (χ2n) is 4.47. The molecule has 4 nitrogen and oxygen atoms in total. The van der Waals surface area contributed by atoms with Gasteiger partial charge in [-0.1, -0.05) is 36.1 Å². The number of hydrogen-bond acceptors (Lipinski definition) is 5. The molecular weight excluding hydrogens is 325 g/mol. The number of rotatable bonds is 4. The van der Waals surface area contributed by atoms with E-state index in [2.05, 4.69) is 5.32 Å². The zero-order valence-electron chi connectivity index (χ0n) is 11.2. The first-order valence-corrected chi connectivity index (χ1v) is 7.56. The highest BCUT2D eigenvalue weighted by atomic mass is 32.2. The van der Waals surface area contributed by atoms with Gasteiger partial charge in [0.15, 0.2) is 0 Å². The summed E-state index contributed by atoms with van der Waals surface area (Å²) < 4.78 is 24.1. The molecule has 0 atom stereocenters. The van der Waals surface area contributed by atoms with E-state index in [1.165, 1.54) is 18.4 Å². The normalized spacial score (nSPS) is 16.1. The quantitative estimate of drug-likeness (QED) is 0.527. The third kappa shape index (κ3) is 3.55. The smallest absolute Gasteiger partial charge is 0.289 e. The van der Waals surface area contributed by atoms with Gasteiger partial charge in [-0.15, -0.1) is 0 Å². The van der Waals surface area contributed by atoms with Gasteiger partial charge in [-0.25, -0.2) is 4.39 Å². The lowest BCUT2D eigenvalue weighted by Gasteiger charge is -1.99.